The van der Waals surface area contributed by atoms with Crippen molar-refractivity contribution in [3.63, 3.8) is 0 Å². The van der Waals surface area contributed by atoms with E-state index in [1.165, 1.54) is 0 Å². The van der Waals surface area contributed by atoms with Crippen LogP contribution in [0.2, 0.25) is 6.32 Å². The van der Waals surface area contributed by atoms with Gasteiger partial charge < -0.3 is 24.3 Å². The van der Waals surface area contributed by atoms with Crippen LogP contribution in [0.25, 0.3) is 11.4 Å². The van der Waals surface area contributed by atoms with Crippen LogP contribution in [0.1, 0.15) is 30.7 Å². The minimum absolute atomic E-state index is 0.113. The van der Waals surface area contributed by atoms with E-state index < -0.39 is 13.1 Å². The summed E-state index contributed by atoms with van der Waals surface area (Å²) in [5.41, 5.74) is 1.75. The van der Waals surface area contributed by atoms with E-state index in [1.807, 2.05) is 6.92 Å². The van der Waals surface area contributed by atoms with Crippen LogP contribution < -0.4 is 9.47 Å². The van der Waals surface area contributed by atoms with E-state index >= 15 is 0 Å². The van der Waals surface area contributed by atoms with E-state index in [9.17, 15) is 14.9 Å². The second-order valence-electron chi connectivity index (χ2n) is 6.61. The maximum absolute atomic E-state index is 11.2. The van der Waals surface area contributed by atoms with Gasteiger partial charge in [0.15, 0.2) is 17.3 Å². The van der Waals surface area contributed by atoms with E-state index in [0.29, 0.717) is 53.8 Å². The van der Waals surface area contributed by atoms with Crippen molar-refractivity contribution in [2.45, 2.75) is 32.0 Å². The molecule has 0 spiro atoms. The van der Waals surface area contributed by atoms with Crippen LogP contribution in [0.3, 0.4) is 0 Å². The Kier molecular flexibility index (Phi) is 6.48. The van der Waals surface area contributed by atoms with Crippen molar-refractivity contribution in [3.8, 4) is 22.9 Å². The molecule has 2 aromatic rings. The summed E-state index contributed by atoms with van der Waals surface area (Å²) in [7, 11) is 0.739. The summed E-state index contributed by atoms with van der Waals surface area (Å²) >= 11 is 0. The maximum atomic E-state index is 11.2. The van der Waals surface area contributed by atoms with Crippen LogP contribution in [-0.2, 0) is 15.9 Å². The highest BCUT2D eigenvalue weighted by atomic mass is 16.5. The van der Waals surface area contributed by atoms with E-state index in [-0.39, 0.29) is 12.3 Å². The van der Waals surface area contributed by atoms with Crippen molar-refractivity contribution < 1.29 is 29.1 Å². The zero-order valence-corrected chi connectivity index (χ0v) is 15.9. The Morgan fingerprint density at radius 1 is 1.32 bits per heavy atom. The number of rotatable bonds is 8. The van der Waals surface area contributed by atoms with Crippen LogP contribution in [0, 0.1) is 0 Å². The van der Waals surface area contributed by atoms with Gasteiger partial charge in [-0.05, 0) is 37.0 Å². The van der Waals surface area contributed by atoms with Gasteiger partial charge in [0.1, 0.15) is 0 Å². The summed E-state index contributed by atoms with van der Waals surface area (Å²) in [5, 5.41) is 18.8. The molecule has 0 radical (unpaired) electrons. The number of benzene rings is 1. The normalized spacial score (nSPS) is 16.2. The first-order chi connectivity index (χ1) is 13.5. The monoisotopic (exact) mass is 386 g/mol. The third kappa shape index (κ3) is 4.79. The molecule has 9 heteroatoms. The lowest BCUT2D eigenvalue weighted by molar-refractivity contribution is -0.136. The SMILES string of the molecule is CCCOc1cc(-c2nc(CC(=O)O)cc([C@H]3COB(O)C3)n2)ccc1OC. The molecule has 0 aliphatic carbocycles. The molecule has 1 fully saturated rings. The highest BCUT2D eigenvalue weighted by Crippen LogP contribution is 2.33. The van der Waals surface area contributed by atoms with Gasteiger partial charge in [0.25, 0.3) is 0 Å². The number of hydrogen-bond donors (Lipinski definition) is 2. The summed E-state index contributed by atoms with van der Waals surface area (Å²) in [6.07, 6.45) is 1.05. The topological polar surface area (TPSA) is 111 Å². The molecule has 148 valence electrons. The predicted molar refractivity (Wildman–Crippen MR) is 103 cm³/mol. The predicted octanol–water partition coefficient (Wildman–Crippen LogP) is 2.16. The number of ether oxygens (including phenoxy) is 2. The molecular formula is C19H23BN2O6. The standard InChI is InChI=1S/C19H23BN2O6/c1-3-6-27-17-7-12(4-5-16(17)26-2)19-21-14(9-18(23)24)8-15(22-19)13-10-20(25)28-11-13/h4-5,7-8,13,25H,3,6,9-11H2,1-2H3,(H,23,24)/t13-/m1/s1. The third-order valence-electron chi connectivity index (χ3n) is 4.41. The number of aromatic nitrogens is 2. The van der Waals surface area contributed by atoms with Gasteiger partial charge in [-0.25, -0.2) is 9.97 Å². The molecule has 1 saturated heterocycles. The van der Waals surface area contributed by atoms with Gasteiger partial charge in [0.2, 0.25) is 0 Å². The molecule has 1 aromatic heterocycles. The largest absolute Gasteiger partial charge is 0.493 e. The van der Waals surface area contributed by atoms with Crippen molar-refractivity contribution >= 4 is 13.1 Å². The smallest absolute Gasteiger partial charge is 0.454 e. The van der Waals surface area contributed by atoms with Crippen LogP contribution in [0.4, 0.5) is 0 Å². The van der Waals surface area contributed by atoms with Gasteiger partial charge in [-0.15, -0.1) is 0 Å². The average molecular weight is 386 g/mol. The molecule has 0 amide bonds. The first kappa shape index (κ1) is 20.1. The number of aliphatic carboxylic acids is 1. The molecule has 28 heavy (non-hydrogen) atoms. The van der Waals surface area contributed by atoms with E-state index in [0.717, 1.165) is 6.42 Å². The number of hydrogen-bond acceptors (Lipinski definition) is 7. The first-order valence-corrected chi connectivity index (χ1v) is 9.20. The molecule has 0 bridgehead atoms. The van der Waals surface area contributed by atoms with Gasteiger partial charge in [-0.1, -0.05) is 6.92 Å². The number of nitrogens with zero attached hydrogens (tertiary/aromatic N) is 2. The molecule has 3 rings (SSSR count). The lowest BCUT2D eigenvalue weighted by Gasteiger charge is -2.14. The molecule has 1 aliphatic rings. The lowest BCUT2D eigenvalue weighted by atomic mass is 9.81. The van der Waals surface area contributed by atoms with Gasteiger partial charge in [0.05, 0.1) is 25.8 Å². The van der Waals surface area contributed by atoms with Crippen molar-refractivity contribution in [1.82, 2.24) is 9.97 Å². The number of methoxy groups -OCH3 is 1. The summed E-state index contributed by atoms with van der Waals surface area (Å²) in [6.45, 7) is 2.89. The number of carboxylic acid groups (broad SMARTS) is 1. The Bertz CT molecular complexity index is 847. The average Bonchev–Trinajstić information content (AvgIpc) is 3.11. The quantitative estimate of drug-likeness (QED) is 0.664. The van der Waals surface area contributed by atoms with Crippen molar-refractivity contribution in [1.29, 1.82) is 0 Å². The summed E-state index contributed by atoms with van der Waals surface area (Å²) < 4.78 is 16.3. The molecule has 8 nitrogen and oxygen atoms in total. The Labute approximate surface area is 163 Å². The van der Waals surface area contributed by atoms with Crippen LogP contribution in [0.15, 0.2) is 24.3 Å². The molecule has 1 atom stereocenters. The maximum Gasteiger partial charge on any atom is 0.454 e. The van der Waals surface area contributed by atoms with Crippen LogP contribution in [0.5, 0.6) is 11.5 Å². The van der Waals surface area contributed by atoms with Gasteiger partial charge in [0, 0.05) is 23.8 Å². The van der Waals surface area contributed by atoms with Gasteiger partial charge >= 0.3 is 13.1 Å². The highest BCUT2D eigenvalue weighted by molar-refractivity contribution is 6.43. The lowest BCUT2D eigenvalue weighted by Crippen LogP contribution is -2.10. The molecule has 0 saturated carbocycles. The van der Waals surface area contributed by atoms with Crippen molar-refractivity contribution in [2.75, 3.05) is 20.3 Å². The summed E-state index contributed by atoms with van der Waals surface area (Å²) in [5.74, 6) is 0.499. The Balaban J connectivity index is 2.00. The molecule has 2 N–H and O–H groups in total. The van der Waals surface area contributed by atoms with Crippen molar-refractivity contribution in [2.24, 2.45) is 0 Å². The second kappa shape index (κ2) is 9.03. The minimum Gasteiger partial charge on any atom is -0.493 e. The Morgan fingerprint density at radius 2 is 2.14 bits per heavy atom. The summed E-state index contributed by atoms with van der Waals surface area (Å²) in [6, 6.07) is 7.04. The molecular weight excluding hydrogens is 363 g/mol. The second-order valence-corrected chi connectivity index (χ2v) is 6.61. The van der Waals surface area contributed by atoms with E-state index in [4.69, 9.17) is 14.1 Å². The third-order valence-corrected chi connectivity index (χ3v) is 4.41. The molecule has 2 heterocycles. The molecule has 1 aromatic carbocycles. The van der Waals surface area contributed by atoms with E-state index in [1.54, 1.807) is 31.4 Å². The zero-order valence-electron chi connectivity index (χ0n) is 15.9. The Hall–Kier alpha value is -2.65. The van der Waals surface area contributed by atoms with Gasteiger partial charge in [-0.2, -0.15) is 0 Å². The van der Waals surface area contributed by atoms with Crippen LogP contribution >= 0.6 is 0 Å². The fourth-order valence-corrected chi connectivity index (χ4v) is 3.06. The number of carbonyl (C=O) groups is 1. The fraction of sp³-hybridized carbons (Fsp3) is 0.421. The minimum atomic E-state index is -0.972. The zero-order chi connectivity index (χ0) is 20.1. The fourth-order valence-electron chi connectivity index (χ4n) is 3.06. The molecule has 1 aliphatic heterocycles. The molecule has 0 unspecified atom stereocenters. The van der Waals surface area contributed by atoms with Gasteiger partial charge in [-0.3, -0.25) is 4.79 Å². The number of carboxylic acids is 1. The first-order valence-electron chi connectivity index (χ1n) is 9.20. The van der Waals surface area contributed by atoms with Crippen molar-refractivity contribution in [3.05, 3.63) is 35.7 Å². The van der Waals surface area contributed by atoms with Crippen LogP contribution in [-0.4, -0.2) is 53.5 Å². The Morgan fingerprint density at radius 3 is 2.79 bits per heavy atom. The summed E-state index contributed by atoms with van der Waals surface area (Å²) in [4.78, 5) is 20.2. The highest BCUT2D eigenvalue weighted by Gasteiger charge is 2.31. The van der Waals surface area contributed by atoms with E-state index in [2.05, 4.69) is 9.97 Å².